The molecule has 0 saturated carbocycles. The van der Waals surface area contributed by atoms with Gasteiger partial charge in [-0.25, -0.2) is 4.79 Å². The molecule has 2 aliphatic heterocycles. The Morgan fingerprint density at radius 3 is 2.46 bits per heavy atom. The maximum atomic E-state index is 13.4. The molecular weight excluding hydrogens is 522 g/mol. The molecule has 1 saturated heterocycles. The van der Waals surface area contributed by atoms with E-state index in [1.807, 2.05) is 62.9 Å². The Morgan fingerprint density at radius 1 is 1.02 bits per heavy atom. The fraction of sp³-hybridized carbons (Fsp3) is 0.469. The quantitative estimate of drug-likeness (QED) is 0.383. The second-order valence-electron chi connectivity index (χ2n) is 11.9. The summed E-state index contributed by atoms with van der Waals surface area (Å²) in [7, 11) is 0. The highest BCUT2D eigenvalue weighted by Gasteiger charge is 2.31. The van der Waals surface area contributed by atoms with E-state index in [1.54, 1.807) is 10.6 Å². The lowest BCUT2D eigenvalue weighted by molar-refractivity contribution is 0.00562. The number of hydrogen-bond acceptors (Lipinski definition) is 7. The first-order valence-electron chi connectivity index (χ1n) is 14.3. The number of carbonyl (C=O) groups excluding carboxylic acids is 2. The molecule has 1 aromatic heterocycles. The van der Waals surface area contributed by atoms with Crippen LogP contribution in [0.1, 0.15) is 55.1 Å². The van der Waals surface area contributed by atoms with Crippen molar-refractivity contribution in [2.75, 3.05) is 32.8 Å². The molecule has 9 nitrogen and oxygen atoms in total. The first kappa shape index (κ1) is 28.7. The average molecular weight is 562 g/mol. The van der Waals surface area contributed by atoms with Gasteiger partial charge in [0.15, 0.2) is 17.8 Å². The van der Waals surface area contributed by atoms with Crippen molar-refractivity contribution in [1.82, 2.24) is 14.4 Å². The summed E-state index contributed by atoms with van der Waals surface area (Å²) in [6, 6.07) is 12.9. The van der Waals surface area contributed by atoms with E-state index in [1.165, 1.54) is 6.07 Å². The average Bonchev–Trinajstić information content (AvgIpc) is 2.94. The highest BCUT2D eigenvalue weighted by molar-refractivity contribution is 5.97. The van der Waals surface area contributed by atoms with E-state index in [-0.39, 0.29) is 17.7 Å². The van der Waals surface area contributed by atoms with Crippen LogP contribution in [0, 0.1) is 6.92 Å². The predicted molar refractivity (Wildman–Crippen MR) is 157 cm³/mol. The van der Waals surface area contributed by atoms with Gasteiger partial charge < -0.3 is 28.6 Å². The van der Waals surface area contributed by atoms with Crippen molar-refractivity contribution in [3.63, 3.8) is 0 Å². The fourth-order valence-corrected chi connectivity index (χ4v) is 5.64. The maximum Gasteiger partial charge on any atom is 0.410 e. The zero-order valence-corrected chi connectivity index (χ0v) is 24.4. The predicted octanol–water partition coefficient (Wildman–Crippen LogP) is 4.80. The third kappa shape index (κ3) is 6.73. The van der Waals surface area contributed by atoms with Crippen molar-refractivity contribution in [3.8, 4) is 11.5 Å². The molecule has 218 valence electrons. The van der Waals surface area contributed by atoms with Crippen molar-refractivity contribution >= 4 is 23.3 Å². The largest absolute Gasteiger partial charge is 0.486 e. The van der Waals surface area contributed by atoms with Gasteiger partial charge in [0.25, 0.3) is 5.56 Å². The summed E-state index contributed by atoms with van der Waals surface area (Å²) in [6.07, 6.45) is 2.11. The molecule has 1 amide bonds. The van der Waals surface area contributed by atoms with Crippen LogP contribution in [0.25, 0.3) is 10.9 Å². The second-order valence-corrected chi connectivity index (χ2v) is 11.9. The van der Waals surface area contributed by atoms with Gasteiger partial charge in [0.2, 0.25) is 0 Å². The summed E-state index contributed by atoms with van der Waals surface area (Å²) < 4.78 is 19.0. The van der Waals surface area contributed by atoms with Crippen LogP contribution in [0.2, 0.25) is 0 Å². The van der Waals surface area contributed by atoms with Gasteiger partial charge in [0.05, 0.1) is 5.52 Å². The lowest BCUT2D eigenvalue weighted by atomic mass is 10.0. The standard InChI is InChI=1S/C32H39N3O6/c1-22-17-24(21-36)26-6-8-30(37)34(27(26)18-22)14-13-33-11-9-25(10-12-33)35(31(38)41-32(2,3)4)20-23-5-7-28-29(19-23)40-16-15-39-28/h5-8,17-19,21,25H,9-16,20H2,1-4H3. The molecule has 0 spiro atoms. The summed E-state index contributed by atoms with van der Waals surface area (Å²) in [4.78, 5) is 41.9. The molecule has 3 heterocycles. The Kier molecular flexibility index (Phi) is 8.35. The van der Waals surface area contributed by atoms with Crippen molar-refractivity contribution in [2.24, 2.45) is 0 Å². The highest BCUT2D eigenvalue weighted by atomic mass is 16.6. The first-order valence-corrected chi connectivity index (χ1v) is 14.3. The van der Waals surface area contributed by atoms with Gasteiger partial charge in [-0.15, -0.1) is 0 Å². The van der Waals surface area contributed by atoms with Crippen molar-refractivity contribution in [2.45, 2.75) is 65.3 Å². The molecular formula is C32H39N3O6. The number of piperidine rings is 1. The van der Waals surface area contributed by atoms with Gasteiger partial charge in [0.1, 0.15) is 18.8 Å². The molecule has 0 aliphatic carbocycles. The Bertz CT molecular complexity index is 1480. The van der Waals surface area contributed by atoms with Crippen LogP contribution in [0.4, 0.5) is 4.79 Å². The number of aldehydes is 1. The maximum absolute atomic E-state index is 13.4. The van der Waals surface area contributed by atoms with Gasteiger partial charge in [0, 0.05) is 55.8 Å². The number of carbonyl (C=O) groups is 2. The molecule has 2 aliphatic rings. The van der Waals surface area contributed by atoms with Gasteiger partial charge in [-0.1, -0.05) is 6.07 Å². The summed E-state index contributed by atoms with van der Waals surface area (Å²) >= 11 is 0. The van der Waals surface area contributed by atoms with Crippen LogP contribution in [0.5, 0.6) is 11.5 Å². The number of likely N-dealkylation sites (tertiary alicyclic amines) is 1. The molecule has 0 bridgehead atoms. The number of hydrogen-bond donors (Lipinski definition) is 0. The second kappa shape index (κ2) is 11.9. The number of fused-ring (bicyclic) bond motifs is 2. The van der Waals surface area contributed by atoms with Gasteiger partial charge in [-0.3, -0.25) is 9.59 Å². The smallest absolute Gasteiger partial charge is 0.410 e. The minimum atomic E-state index is -0.601. The fourth-order valence-electron chi connectivity index (χ4n) is 5.64. The lowest BCUT2D eigenvalue weighted by Crippen LogP contribution is -2.49. The third-order valence-electron chi connectivity index (χ3n) is 7.64. The molecule has 1 fully saturated rings. The van der Waals surface area contributed by atoms with Gasteiger partial charge >= 0.3 is 6.09 Å². The Morgan fingerprint density at radius 2 is 1.76 bits per heavy atom. The SMILES string of the molecule is Cc1cc(C=O)c2ccc(=O)n(CCN3CCC(N(Cc4ccc5c(c4)OCCO5)C(=O)OC(C)(C)C)CC3)c2c1. The Balaban J connectivity index is 1.27. The zero-order chi connectivity index (χ0) is 29.1. The Hall–Kier alpha value is -3.85. The van der Waals surface area contributed by atoms with Crippen LogP contribution in [-0.4, -0.2) is 71.2 Å². The van der Waals surface area contributed by atoms with E-state index >= 15 is 0 Å². The molecule has 3 aromatic rings. The van der Waals surface area contributed by atoms with Gasteiger partial charge in [-0.05, 0) is 82.0 Å². The molecule has 2 aromatic carbocycles. The number of benzene rings is 2. The molecule has 0 N–H and O–H groups in total. The van der Waals surface area contributed by atoms with Crippen LogP contribution in [-0.2, 0) is 17.8 Å². The van der Waals surface area contributed by atoms with Crippen molar-refractivity contribution in [1.29, 1.82) is 0 Å². The monoisotopic (exact) mass is 561 g/mol. The first-order chi connectivity index (χ1) is 19.6. The van der Waals surface area contributed by atoms with E-state index in [4.69, 9.17) is 14.2 Å². The van der Waals surface area contributed by atoms with Crippen LogP contribution in [0.3, 0.4) is 0 Å². The summed E-state index contributed by atoms with van der Waals surface area (Å²) in [5.41, 5.74) is 2.60. The zero-order valence-electron chi connectivity index (χ0n) is 24.4. The summed E-state index contributed by atoms with van der Waals surface area (Å²) in [5.74, 6) is 1.42. The lowest BCUT2D eigenvalue weighted by Gasteiger charge is -2.39. The van der Waals surface area contributed by atoms with Crippen molar-refractivity contribution < 1.29 is 23.8 Å². The molecule has 9 heteroatoms. The molecule has 0 radical (unpaired) electrons. The van der Waals surface area contributed by atoms with Crippen LogP contribution in [0.15, 0.2) is 47.3 Å². The Labute approximate surface area is 240 Å². The van der Waals surface area contributed by atoms with E-state index in [0.717, 1.165) is 60.0 Å². The number of rotatable bonds is 7. The number of aryl methyl sites for hydroxylation is 1. The van der Waals surface area contributed by atoms with Crippen LogP contribution < -0.4 is 15.0 Å². The molecule has 0 atom stereocenters. The van der Waals surface area contributed by atoms with E-state index in [9.17, 15) is 14.4 Å². The molecule has 5 rings (SSSR count). The number of amides is 1. The minimum absolute atomic E-state index is 0.0207. The number of nitrogens with zero attached hydrogens (tertiary/aromatic N) is 3. The summed E-state index contributed by atoms with van der Waals surface area (Å²) in [5, 5.41) is 0.788. The topological polar surface area (TPSA) is 90.3 Å². The van der Waals surface area contributed by atoms with Gasteiger partial charge in [-0.2, -0.15) is 0 Å². The molecule has 0 unspecified atom stereocenters. The summed E-state index contributed by atoms with van der Waals surface area (Å²) in [6.45, 7) is 11.8. The molecule has 41 heavy (non-hydrogen) atoms. The van der Waals surface area contributed by atoms with E-state index in [2.05, 4.69) is 4.90 Å². The third-order valence-corrected chi connectivity index (χ3v) is 7.64. The van der Waals surface area contributed by atoms with E-state index in [0.29, 0.717) is 44.2 Å². The van der Waals surface area contributed by atoms with Crippen LogP contribution >= 0.6 is 0 Å². The number of pyridine rings is 1. The number of ether oxygens (including phenoxy) is 3. The number of aromatic nitrogens is 1. The normalized spacial score (nSPS) is 16.0. The minimum Gasteiger partial charge on any atom is -0.486 e. The highest BCUT2D eigenvalue weighted by Crippen LogP contribution is 2.32. The van der Waals surface area contributed by atoms with Crippen molar-refractivity contribution in [3.05, 3.63) is 69.5 Å². The van der Waals surface area contributed by atoms with E-state index < -0.39 is 5.60 Å².